The van der Waals surface area contributed by atoms with Gasteiger partial charge in [0.25, 0.3) is 0 Å². The molecule has 2 rings (SSSR count). The molecule has 0 aromatic rings. The molecule has 0 amide bonds. The Hall–Kier alpha value is -0.170. The molecule has 1 heterocycles. The Labute approximate surface area is 129 Å². The summed E-state index contributed by atoms with van der Waals surface area (Å²) in [7, 11) is -3.05. The van der Waals surface area contributed by atoms with E-state index in [1.165, 1.54) is 19.1 Å². The molecule has 0 aromatic heterocycles. The maximum atomic E-state index is 11.6. The summed E-state index contributed by atoms with van der Waals surface area (Å²) in [6, 6.07) is 0.658. The van der Waals surface area contributed by atoms with Gasteiger partial charge in [-0.05, 0) is 51.0 Å². The molecule has 1 aliphatic carbocycles. The predicted molar refractivity (Wildman–Crippen MR) is 84.8 cm³/mol. The first-order chi connectivity index (χ1) is 9.99. The average Bonchev–Trinajstić information content (AvgIpc) is 2.46. The van der Waals surface area contributed by atoms with E-state index in [-0.39, 0.29) is 0 Å². The van der Waals surface area contributed by atoms with Crippen LogP contribution in [0.4, 0.5) is 0 Å². The lowest BCUT2D eigenvalue weighted by molar-refractivity contribution is -0.00551. The molecule has 1 aliphatic heterocycles. The Balaban J connectivity index is 1.69. The second kappa shape index (κ2) is 7.90. The lowest BCUT2D eigenvalue weighted by Crippen LogP contribution is -2.41. The highest BCUT2D eigenvalue weighted by molar-refractivity contribution is 7.88. The van der Waals surface area contributed by atoms with E-state index < -0.39 is 10.0 Å². The van der Waals surface area contributed by atoms with Gasteiger partial charge in [-0.15, -0.1) is 0 Å². The SMILES string of the molecule is CCNC1CCC(OCC2CCCN(S(C)(=O)=O)C2)CC1. The van der Waals surface area contributed by atoms with Crippen molar-refractivity contribution in [2.24, 2.45) is 5.92 Å². The van der Waals surface area contributed by atoms with Crippen LogP contribution in [0.25, 0.3) is 0 Å². The number of sulfonamides is 1. The fourth-order valence-corrected chi connectivity index (χ4v) is 4.40. The van der Waals surface area contributed by atoms with Gasteiger partial charge in [0.15, 0.2) is 0 Å². The molecule has 124 valence electrons. The van der Waals surface area contributed by atoms with Gasteiger partial charge < -0.3 is 10.1 Å². The van der Waals surface area contributed by atoms with E-state index in [1.54, 1.807) is 4.31 Å². The van der Waals surface area contributed by atoms with Gasteiger partial charge in [-0.2, -0.15) is 0 Å². The Morgan fingerprint density at radius 3 is 2.52 bits per heavy atom. The molecule has 1 N–H and O–H groups in total. The van der Waals surface area contributed by atoms with Gasteiger partial charge in [0.05, 0.1) is 19.0 Å². The van der Waals surface area contributed by atoms with Crippen LogP contribution in [0, 0.1) is 5.92 Å². The highest BCUT2D eigenvalue weighted by Crippen LogP contribution is 2.24. The molecule has 1 atom stereocenters. The molecule has 0 radical (unpaired) electrons. The van der Waals surface area contributed by atoms with Crippen LogP contribution >= 0.6 is 0 Å². The number of hydrogen-bond donors (Lipinski definition) is 1. The van der Waals surface area contributed by atoms with Crippen LogP contribution in [0.15, 0.2) is 0 Å². The Morgan fingerprint density at radius 1 is 1.19 bits per heavy atom. The second-order valence-corrected chi connectivity index (χ2v) is 8.48. The smallest absolute Gasteiger partial charge is 0.211 e. The van der Waals surface area contributed by atoms with Gasteiger partial charge >= 0.3 is 0 Å². The molecule has 1 unspecified atom stereocenters. The van der Waals surface area contributed by atoms with Crippen molar-refractivity contribution in [3.8, 4) is 0 Å². The van der Waals surface area contributed by atoms with Crippen LogP contribution in [0.5, 0.6) is 0 Å². The van der Waals surface area contributed by atoms with Crippen LogP contribution in [0.2, 0.25) is 0 Å². The number of piperidine rings is 1. The molecule has 1 saturated carbocycles. The lowest BCUT2D eigenvalue weighted by atomic mass is 9.92. The van der Waals surface area contributed by atoms with Gasteiger partial charge in [0.1, 0.15) is 0 Å². The van der Waals surface area contributed by atoms with Crippen molar-refractivity contribution in [3.05, 3.63) is 0 Å². The quantitative estimate of drug-likeness (QED) is 0.808. The number of rotatable bonds is 6. The summed E-state index contributed by atoms with van der Waals surface area (Å²) < 4.78 is 30.9. The van der Waals surface area contributed by atoms with Gasteiger partial charge in [-0.1, -0.05) is 6.92 Å². The maximum Gasteiger partial charge on any atom is 0.211 e. The van der Waals surface area contributed by atoms with Crippen LogP contribution < -0.4 is 5.32 Å². The number of ether oxygens (including phenoxy) is 1. The molecule has 2 fully saturated rings. The third-order valence-electron chi connectivity index (χ3n) is 4.69. The highest BCUT2D eigenvalue weighted by atomic mass is 32.2. The van der Waals surface area contributed by atoms with Crippen LogP contribution in [0.1, 0.15) is 45.4 Å². The molecular formula is C15H30N2O3S. The molecule has 0 bridgehead atoms. The maximum absolute atomic E-state index is 11.6. The number of hydrogen-bond acceptors (Lipinski definition) is 4. The van der Waals surface area contributed by atoms with Crippen LogP contribution in [-0.2, 0) is 14.8 Å². The minimum absolute atomic E-state index is 0.361. The summed E-state index contributed by atoms with van der Waals surface area (Å²) in [6.07, 6.45) is 8.34. The summed E-state index contributed by atoms with van der Waals surface area (Å²) in [4.78, 5) is 0. The van der Waals surface area contributed by atoms with Crippen molar-refractivity contribution in [1.29, 1.82) is 0 Å². The van der Waals surface area contributed by atoms with E-state index in [0.717, 1.165) is 32.2 Å². The minimum Gasteiger partial charge on any atom is -0.378 e. The third-order valence-corrected chi connectivity index (χ3v) is 5.96. The fourth-order valence-electron chi connectivity index (χ4n) is 3.46. The average molecular weight is 318 g/mol. The van der Waals surface area contributed by atoms with Crippen molar-refractivity contribution in [1.82, 2.24) is 9.62 Å². The van der Waals surface area contributed by atoms with Crippen molar-refractivity contribution >= 4 is 10.0 Å². The monoisotopic (exact) mass is 318 g/mol. The topological polar surface area (TPSA) is 58.6 Å². The van der Waals surface area contributed by atoms with Gasteiger partial charge in [0, 0.05) is 19.1 Å². The largest absolute Gasteiger partial charge is 0.378 e. The molecular weight excluding hydrogens is 288 g/mol. The van der Waals surface area contributed by atoms with E-state index >= 15 is 0 Å². The molecule has 0 aromatic carbocycles. The van der Waals surface area contributed by atoms with Crippen molar-refractivity contribution in [2.45, 2.75) is 57.6 Å². The van der Waals surface area contributed by atoms with E-state index in [1.807, 2.05) is 0 Å². The highest BCUT2D eigenvalue weighted by Gasteiger charge is 2.27. The van der Waals surface area contributed by atoms with Gasteiger partial charge in [-0.25, -0.2) is 12.7 Å². The molecule has 5 nitrogen and oxygen atoms in total. The zero-order valence-electron chi connectivity index (χ0n) is 13.4. The zero-order chi connectivity index (χ0) is 15.3. The van der Waals surface area contributed by atoms with Gasteiger partial charge in [0.2, 0.25) is 10.0 Å². The predicted octanol–water partition coefficient (Wildman–Crippen LogP) is 1.60. The van der Waals surface area contributed by atoms with Gasteiger partial charge in [-0.3, -0.25) is 0 Å². The van der Waals surface area contributed by atoms with E-state index in [0.29, 0.717) is 37.8 Å². The normalized spacial score (nSPS) is 32.2. The molecule has 6 heteroatoms. The lowest BCUT2D eigenvalue weighted by Gasteiger charge is -2.33. The van der Waals surface area contributed by atoms with Crippen LogP contribution in [-0.4, -0.2) is 57.4 Å². The zero-order valence-corrected chi connectivity index (χ0v) is 14.2. The second-order valence-electron chi connectivity index (χ2n) is 6.49. The van der Waals surface area contributed by atoms with Crippen LogP contribution in [0.3, 0.4) is 0 Å². The third kappa shape index (κ3) is 5.51. The van der Waals surface area contributed by atoms with E-state index in [4.69, 9.17) is 4.74 Å². The number of nitrogens with zero attached hydrogens (tertiary/aromatic N) is 1. The Kier molecular flexibility index (Phi) is 6.47. The first-order valence-electron chi connectivity index (χ1n) is 8.29. The summed E-state index contributed by atoms with van der Waals surface area (Å²) in [5.41, 5.74) is 0. The van der Waals surface area contributed by atoms with E-state index in [9.17, 15) is 8.42 Å². The van der Waals surface area contributed by atoms with Crippen molar-refractivity contribution in [3.63, 3.8) is 0 Å². The first-order valence-corrected chi connectivity index (χ1v) is 10.1. The molecule has 2 aliphatic rings. The summed E-state index contributed by atoms with van der Waals surface area (Å²) in [5.74, 6) is 0.361. The Morgan fingerprint density at radius 2 is 1.90 bits per heavy atom. The van der Waals surface area contributed by atoms with Crippen molar-refractivity contribution in [2.75, 3.05) is 32.5 Å². The number of nitrogens with one attached hydrogen (secondary N) is 1. The molecule has 0 spiro atoms. The molecule has 21 heavy (non-hydrogen) atoms. The fraction of sp³-hybridized carbons (Fsp3) is 1.00. The van der Waals surface area contributed by atoms with Crippen molar-refractivity contribution < 1.29 is 13.2 Å². The summed E-state index contributed by atoms with van der Waals surface area (Å²) in [6.45, 7) is 5.20. The first kappa shape index (κ1) is 17.2. The standard InChI is InChI=1S/C15H30N2O3S/c1-3-16-14-6-8-15(9-7-14)20-12-13-5-4-10-17(11-13)21(2,18)19/h13-16H,3-12H2,1-2H3. The summed E-state index contributed by atoms with van der Waals surface area (Å²) in [5, 5.41) is 3.50. The summed E-state index contributed by atoms with van der Waals surface area (Å²) >= 11 is 0. The van der Waals surface area contributed by atoms with E-state index in [2.05, 4.69) is 12.2 Å². The minimum atomic E-state index is -3.05. The Bertz CT molecular complexity index is 405. The molecule has 1 saturated heterocycles.